The van der Waals surface area contributed by atoms with Gasteiger partial charge in [0.15, 0.2) is 0 Å². The summed E-state index contributed by atoms with van der Waals surface area (Å²) in [6.07, 6.45) is 9.89. The number of hydrazone groups is 2. The van der Waals surface area contributed by atoms with Gasteiger partial charge in [0, 0.05) is 52.0 Å². The van der Waals surface area contributed by atoms with Crippen LogP contribution in [0.1, 0.15) is 30.9 Å². The summed E-state index contributed by atoms with van der Waals surface area (Å²) < 4.78 is 0. The first-order chi connectivity index (χ1) is 14.5. The molecular weight excluding hydrogens is 372 g/mol. The van der Waals surface area contributed by atoms with E-state index < -0.39 is 0 Å². The van der Waals surface area contributed by atoms with Gasteiger partial charge >= 0.3 is 0 Å². The predicted octanol–water partition coefficient (Wildman–Crippen LogP) is 4.40. The summed E-state index contributed by atoms with van der Waals surface area (Å²) in [5.74, 6) is 0. The van der Waals surface area contributed by atoms with Crippen molar-refractivity contribution in [1.29, 1.82) is 0 Å². The molecule has 6 nitrogen and oxygen atoms in total. The Kier molecular flexibility index (Phi) is 7.12. The summed E-state index contributed by atoms with van der Waals surface area (Å²) in [5, 5.41) is 13.3. The van der Waals surface area contributed by atoms with Gasteiger partial charge in [0.1, 0.15) is 6.17 Å². The molecule has 0 saturated heterocycles. The van der Waals surface area contributed by atoms with Gasteiger partial charge in [0.2, 0.25) is 0 Å². The predicted molar refractivity (Wildman–Crippen MR) is 128 cm³/mol. The SMILES string of the molecule is CCCC1N(N=Cc2ccc(N(C)C)cc2)C=CN1N=Cc1ccc(N(C)C)cc1. The summed E-state index contributed by atoms with van der Waals surface area (Å²) in [6, 6.07) is 16.7. The Hall–Kier alpha value is -3.28. The zero-order chi connectivity index (χ0) is 21.5. The maximum Gasteiger partial charge on any atom is 0.143 e. The first kappa shape index (κ1) is 21.4. The number of hydrogen-bond donors (Lipinski definition) is 0. The van der Waals surface area contributed by atoms with E-state index in [1.54, 1.807) is 0 Å². The van der Waals surface area contributed by atoms with Crippen LogP contribution in [0.4, 0.5) is 11.4 Å². The van der Waals surface area contributed by atoms with E-state index in [1.165, 1.54) is 11.4 Å². The van der Waals surface area contributed by atoms with E-state index in [-0.39, 0.29) is 6.17 Å². The minimum atomic E-state index is 0.0876. The highest BCUT2D eigenvalue weighted by atomic mass is 15.6. The Labute approximate surface area is 180 Å². The number of nitrogens with zero attached hydrogens (tertiary/aromatic N) is 6. The van der Waals surface area contributed by atoms with Crippen molar-refractivity contribution < 1.29 is 0 Å². The maximum absolute atomic E-state index is 4.69. The molecule has 0 N–H and O–H groups in total. The zero-order valence-corrected chi connectivity index (χ0v) is 18.6. The van der Waals surface area contributed by atoms with Gasteiger partial charge in [0.25, 0.3) is 0 Å². The Morgan fingerprint density at radius 2 is 1.13 bits per heavy atom. The molecule has 0 atom stereocenters. The fourth-order valence-electron chi connectivity index (χ4n) is 3.19. The fraction of sp³-hybridized carbons (Fsp3) is 0.333. The van der Waals surface area contributed by atoms with Crippen LogP contribution in [0.25, 0.3) is 0 Å². The Morgan fingerprint density at radius 3 is 1.47 bits per heavy atom. The second-order valence-corrected chi connectivity index (χ2v) is 7.79. The second-order valence-electron chi connectivity index (χ2n) is 7.79. The number of benzene rings is 2. The molecule has 1 aliphatic rings. The smallest absolute Gasteiger partial charge is 0.143 e. The lowest BCUT2D eigenvalue weighted by Gasteiger charge is -2.25. The number of rotatable bonds is 8. The van der Waals surface area contributed by atoms with Crippen LogP contribution in [0.5, 0.6) is 0 Å². The monoisotopic (exact) mass is 404 g/mol. The molecule has 2 aromatic carbocycles. The molecule has 0 unspecified atom stereocenters. The molecular formula is C24H32N6. The van der Waals surface area contributed by atoms with Crippen molar-refractivity contribution in [3.63, 3.8) is 0 Å². The summed E-state index contributed by atoms with van der Waals surface area (Å²) in [5.41, 5.74) is 4.51. The average molecular weight is 405 g/mol. The lowest BCUT2D eigenvalue weighted by Crippen LogP contribution is -2.33. The standard InChI is InChI=1S/C24H32N6/c1-6-7-24-29(25-18-20-8-12-22(13-9-20)27(2)3)16-17-30(24)26-19-21-10-14-23(15-11-21)28(4)5/h8-19,24H,6-7H2,1-5H3. The van der Waals surface area contributed by atoms with E-state index in [2.05, 4.69) is 65.3 Å². The van der Waals surface area contributed by atoms with Crippen LogP contribution in [0, 0.1) is 0 Å². The van der Waals surface area contributed by atoms with Crippen molar-refractivity contribution in [2.45, 2.75) is 25.9 Å². The van der Waals surface area contributed by atoms with Crippen LogP contribution in [-0.4, -0.2) is 56.8 Å². The van der Waals surface area contributed by atoms with Gasteiger partial charge in [0.05, 0.1) is 12.4 Å². The molecule has 0 saturated carbocycles. The highest BCUT2D eigenvalue weighted by Gasteiger charge is 2.24. The molecule has 158 valence electrons. The average Bonchev–Trinajstić information content (AvgIpc) is 3.13. The summed E-state index contributed by atoms with van der Waals surface area (Å²) >= 11 is 0. The van der Waals surface area contributed by atoms with Crippen molar-refractivity contribution in [2.75, 3.05) is 38.0 Å². The first-order valence-electron chi connectivity index (χ1n) is 10.4. The minimum absolute atomic E-state index is 0.0876. The van der Waals surface area contributed by atoms with Crippen molar-refractivity contribution >= 4 is 23.8 Å². The van der Waals surface area contributed by atoms with E-state index in [9.17, 15) is 0 Å². The number of hydrogen-bond acceptors (Lipinski definition) is 6. The van der Waals surface area contributed by atoms with Crippen LogP contribution in [-0.2, 0) is 0 Å². The van der Waals surface area contributed by atoms with Crippen LogP contribution in [0.3, 0.4) is 0 Å². The molecule has 0 fully saturated rings. The Balaban J connectivity index is 1.67. The van der Waals surface area contributed by atoms with E-state index in [4.69, 9.17) is 10.2 Å². The summed E-state index contributed by atoms with van der Waals surface area (Å²) in [4.78, 5) is 4.18. The lowest BCUT2D eigenvalue weighted by atomic mass is 10.2. The molecule has 0 aromatic heterocycles. The van der Waals surface area contributed by atoms with E-state index >= 15 is 0 Å². The van der Waals surface area contributed by atoms with Crippen LogP contribution < -0.4 is 9.80 Å². The third-order valence-corrected chi connectivity index (χ3v) is 5.03. The first-order valence-corrected chi connectivity index (χ1v) is 10.4. The lowest BCUT2D eigenvalue weighted by molar-refractivity contribution is 0.151. The van der Waals surface area contributed by atoms with Gasteiger partial charge < -0.3 is 9.80 Å². The van der Waals surface area contributed by atoms with Crippen LogP contribution >= 0.6 is 0 Å². The third-order valence-electron chi connectivity index (χ3n) is 5.03. The molecule has 30 heavy (non-hydrogen) atoms. The molecule has 0 amide bonds. The van der Waals surface area contributed by atoms with Gasteiger partial charge in [-0.1, -0.05) is 37.6 Å². The van der Waals surface area contributed by atoms with Crippen molar-refractivity contribution in [2.24, 2.45) is 10.2 Å². The van der Waals surface area contributed by atoms with Crippen molar-refractivity contribution in [3.05, 3.63) is 72.1 Å². The molecule has 3 rings (SSSR count). The van der Waals surface area contributed by atoms with E-state index in [0.717, 1.165) is 24.0 Å². The largest absolute Gasteiger partial charge is 0.378 e. The van der Waals surface area contributed by atoms with Crippen LogP contribution in [0.15, 0.2) is 71.1 Å². The summed E-state index contributed by atoms with van der Waals surface area (Å²) in [7, 11) is 8.16. The van der Waals surface area contributed by atoms with Crippen molar-refractivity contribution in [1.82, 2.24) is 10.0 Å². The zero-order valence-electron chi connectivity index (χ0n) is 18.6. The maximum atomic E-state index is 4.69. The van der Waals surface area contributed by atoms with Crippen molar-refractivity contribution in [3.8, 4) is 0 Å². The molecule has 1 aliphatic heterocycles. The number of anilines is 2. The Bertz CT molecular complexity index is 809. The van der Waals surface area contributed by atoms with Gasteiger partial charge in [-0.2, -0.15) is 10.2 Å². The molecule has 0 radical (unpaired) electrons. The quantitative estimate of drug-likeness (QED) is 0.611. The summed E-state index contributed by atoms with van der Waals surface area (Å²) in [6.45, 7) is 2.18. The molecule has 2 aromatic rings. The van der Waals surface area contributed by atoms with E-state index in [0.29, 0.717) is 0 Å². The highest BCUT2D eigenvalue weighted by molar-refractivity contribution is 5.81. The normalized spacial score (nSPS) is 16.2. The topological polar surface area (TPSA) is 37.7 Å². The van der Waals surface area contributed by atoms with Gasteiger partial charge in [-0.15, -0.1) is 0 Å². The van der Waals surface area contributed by atoms with E-state index in [1.807, 2.05) is 63.0 Å². The second kappa shape index (κ2) is 9.96. The molecule has 1 heterocycles. The van der Waals surface area contributed by atoms with Gasteiger partial charge in [-0.3, -0.25) is 0 Å². The molecule has 6 heteroatoms. The molecule has 0 bridgehead atoms. The Morgan fingerprint density at radius 1 is 0.733 bits per heavy atom. The molecule has 0 aliphatic carbocycles. The van der Waals surface area contributed by atoms with Gasteiger partial charge in [-0.05, 0) is 41.8 Å². The molecule has 0 spiro atoms. The van der Waals surface area contributed by atoms with Gasteiger partial charge in [-0.25, -0.2) is 10.0 Å². The minimum Gasteiger partial charge on any atom is -0.378 e. The highest BCUT2D eigenvalue weighted by Crippen LogP contribution is 2.21. The third kappa shape index (κ3) is 5.41. The fourth-order valence-corrected chi connectivity index (χ4v) is 3.19. The van der Waals surface area contributed by atoms with Crippen LogP contribution in [0.2, 0.25) is 0 Å².